The molecule has 0 saturated heterocycles. The molecule has 0 aliphatic carbocycles. The molecule has 0 amide bonds. The van der Waals surface area contributed by atoms with Gasteiger partial charge in [-0.15, -0.1) is 0 Å². The van der Waals surface area contributed by atoms with Crippen molar-refractivity contribution < 1.29 is 0 Å². The highest BCUT2D eigenvalue weighted by molar-refractivity contribution is 5.53. The highest BCUT2D eigenvalue weighted by Crippen LogP contribution is 2.02. The average molecular weight is 218 g/mol. The molecule has 0 N–H and O–H groups in total. The fourth-order valence-electron chi connectivity index (χ4n) is 1.46. The van der Waals surface area contributed by atoms with E-state index in [1.54, 1.807) is 0 Å². The number of benzene rings is 2. The summed E-state index contributed by atoms with van der Waals surface area (Å²) in [7, 11) is 0. The Bertz CT molecular complexity index is 548. The van der Waals surface area contributed by atoms with Crippen molar-refractivity contribution in [1.29, 1.82) is 0 Å². The van der Waals surface area contributed by atoms with Crippen LogP contribution in [0.25, 0.3) is 6.08 Å². The monoisotopic (exact) mass is 218 g/mol. The topological polar surface area (TPSA) is 0 Å². The van der Waals surface area contributed by atoms with Crippen molar-refractivity contribution in [2.45, 2.75) is 6.92 Å². The summed E-state index contributed by atoms with van der Waals surface area (Å²) in [4.78, 5) is 0. The van der Waals surface area contributed by atoms with Crippen LogP contribution < -0.4 is 0 Å². The molecule has 0 heterocycles. The first-order valence-electron chi connectivity index (χ1n) is 5.64. The molecule has 0 radical (unpaired) electrons. The van der Waals surface area contributed by atoms with Crippen molar-refractivity contribution in [2.75, 3.05) is 0 Å². The van der Waals surface area contributed by atoms with Gasteiger partial charge in [0.1, 0.15) is 0 Å². The van der Waals surface area contributed by atoms with Gasteiger partial charge in [0, 0.05) is 5.56 Å². The predicted octanol–water partition coefficient (Wildman–Crippen LogP) is 4.06. The molecule has 0 heteroatoms. The van der Waals surface area contributed by atoms with E-state index >= 15 is 0 Å². The summed E-state index contributed by atoms with van der Waals surface area (Å²) in [6, 6.07) is 18.4. The molecule has 0 spiro atoms. The van der Waals surface area contributed by atoms with Crippen LogP contribution in [0.15, 0.2) is 60.7 Å². The van der Waals surface area contributed by atoms with Crippen LogP contribution in [-0.2, 0) is 0 Å². The first kappa shape index (κ1) is 11.2. The Morgan fingerprint density at radius 2 is 1.59 bits per heavy atom. The van der Waals surface area contributed by atoms with Crippen LogP contribution in [0.1, 0.15) is 16.7 Å². The van der Waals surface area contributed by atoms with Gasteiger partial charge in [0.15, 0.2) is 0 Å². The van der Waals surface area contributed by atoms with E-state index in [2.05, 4.69) is 43.0 Å². The van der Waals surface area contributed by atoms with Crippen LogP contribution >= 0.6 is 0 Å². The maximum atomic E-state index is 3.11. The second-order valence-electron chi connectivity index (χ2n) is 3.88. The van der Waals surface area contributed by atoms with Crippen molar-refractivity contribution in [3.8, 4) is 11.8 Å². The maximum Gasteiger partial charge on any atom is 0.0249 e. The Kier molecular flexibility index (Phi) is 3.78. The lowest BCUT2D eigenvalue weighted by Crippen LogP contribution is -1.74. The van der Waals surface area contributed by atoms with Crippen molar-refractivity contribution in [3.05, 3.63) is 77.4 Å². The van der Waals surface area contributed by atoms with E-state index in [0.29, 0.717) is 0 Å². The summed E-state index contributed by atoms with van der Waals surface area (Å²) in [6.07, 6.45) is 3.90. The highest BCUT2D eigenvalue weighted by Gasteiger charge is 1.84. The van der Waals surface area contributed by atoms with Gasteiger partial charge in [-0.3, -0.25) is 0 Å². The quantitative estimate of drug-likeness (QED) is 0.633. The minimum atomic E-state index is 1.05. The molecule has 2 aromatic rings. The van der Waals surface area contributed by atoms with Gasteiger partial charge in [0.05, 0.1) is 0 Å². The molecule has 0 aromatic heterocycles. The number of aryl methyl sites for hydroxylation is 1. The third kappa shape index (κ3) is 3.66. The van der Waals surface area contributed by atoms with Crippen LogP contribution in [0.2, 0.25) is 0 Å². The molecule has 2 rings (SSSR count). The van der Waals surface area contributed by atoms with E-state index in [9.17, 15) is 0 Å². The van der Waals surface area contributed by atoms with Crippen molar-refractivity contribution in [2.24, 2.45) is 0 Å². The van der Waals surface area contributed by atoms with Crippen LogP contribution in [0, 0.1) is 18.8 Å². The summed E-state index contributed by atoms with van der Waals surface area (Å²) in [5.74, 6) is 6.14. The molecule has 0 aliphatic heterocycles. The Morgan fingerprint density at radius 3 is 2.29 bits per heavy atom. The van der Waals surface area contributed by atoms with Gasteiger partial charge in [0.25, 0.3) is 0 Å². The van der Waals surface area contributed by atoms with Crippen molar-refractivity contribution in [3.63, 3.8) is 0 Å². The Balaban J connectivity index is 2.04. The molecule has 0 aliphatic rings. The van der Waals surface area contributed by atoms with Gasteiger partial charge in [-0.25, -0.2) is 0 Å². The van der Waals surface area contributed by atoms with Crippen LogP contribution in [-0.4, -0.2) is 0 Å². The number of allylic oxidation sites excluding steroid dienone is 1. The van der Waals surface area contributed by atoms with E-state index in [1.807, 2.05) is 42.5 Å². The third-order valence-electron chi connectivity index (χ3n) is 2.43. The van der Waals surface area contributed by atoms with Gasteiger partial charge in [-0.1, -0.05) is 59.9 Å². The van der Waals surface area contributed by atoms with Crippen LogP contribution in [0.5, 0.6) is 0 Å². The average Bonchev–Trinajstić information content (AvgIpc) is 2.38. The fourth-order valence-corrected chi connectivity index (χ4v) is 1.46. The van der Waals surface area contributed by atoms with Crippen molar-refractivity contribution >= 4 is 6.08 Å². The van der Waals surface area contributed by atoms with Gasteiger partial charge >= 0.3 is 0 Å². The summed E-state index contributed by atoms with van der Waals surface area (Å²) in [5.41, 5.74) is 3.48. The lowest BCUT2D eigenvalue weighted by atomic mass is 10.1. The lowest BCUT2D eigenvalue weighted by molar-refractivity contribution is 1.46. The largest absolute Gasteiger partial charge is 0.0696 e. The minimum absolute atomic E-state index is 1.05. The Labute approximate surface area is 103 Å². The molecule has 0 nitrogen and oxygen atoms in total. The first-order valence-corrected chi connectivity index (χ1v) is 5.64. The molecular formula is C17H14. The van der Waals surface area contributed by atoms with Crippen LogP contribution in [0.4, 0.5) is 0 Å². The summed E-state index contributed by atoms with van der Waals surface area (Å²) in [5, 5.41) is 0. The van der Waals surface area contributed by atoms with Gasteiger partial charge in [-0.2, -0.15) is 0 Å². The zero-order valence-corrected chi connectivity index (χ0v) is 9.85. The first-order chi connectivity index (χ1) is 8.34. The maximum absolute atomic E-state index is 3.11. The van der Waals surface area contributed by atoms with Gasteiger partial charge in [0.2, 0.25) is 0 Å². The molecule has 0 unspecified atom stereocenters. The smallest absolute Gasteiger partial charge is 0.0249 e. The molecular weight excluding hydrogens is 204 g/mol. The van der Waals surface area contributed by atoms with Crippen LogP contribution in [0.3, 0.4) is 0 Å². The lowest BCUT2D eigenvalue weighted by Gasteiger charge is -1.90. The molecule has 82 valence electrons. The number of hydrogen-bond donors (Lipinski definition) is 0. The predicted molar refractivity (Wildman–Crippen MR) is 73.5 cm³/mol. The van der Waals surface area contributed by atoms with Crippen molar-refractivity contribution in [1.82, 2.24) is 0 Å². The van der Waals surface area contributed by atoms with E-state index in [1.165, 1.54) is 11.1 Å². The third-order valence-corrected chi connectivity index (χ3v) is 2.43. The Morgan fingerprint density at radius 1 is 0.882 bits per heavy atom. The highest BCUT2D eigenvalue weighted by atomic mass is 13.9. The van der Waals surface area contributed by atoms with Gasteiger partial charge < -0.3 is 0 Å². The Hall–Kier alpha value is -2.26. The molecule has 0 atom stereocenters. The normalized spacial score (nSPS) is 9.94. The molecule has 0 bridgehead atoms. The molecule has 0 fully saturated rings. The SMILES string of the molecule is Cc1ccc(C#CC=Cc2ccccc2)cc1. The number of hydrogen-bond acceptors (Lipinski definition) is 0. The van der Waals surface area contributed by atoms with E-state index < -0.39 is 0 Å². The standard InChI is InChI=1S/C17H14/c1-15-11-13-17(14-12-15)10-6-5-9-16-7-3-2-4-8-16/h2-5,7-9,11-14H,1H3. The van der Waals surface area contributed by atoms with E-state index in [-0.39, 0.29) is 0 Å². The zero-order valence-electron chi connectivity index (χ0n) is 9.85. The summed E-state index contributed by atoms with van der Waals surface area (Å²) >= 11 is 0. The second-order valence-corrected chi connectivity index (χ2v) is 3.88. The minimum Gasteiger partial charge on any atom is -0.0696 e. The molecule has 0 saturated carbocycles. The van der Waals surface area contributed by atoms with Gasteiger partial charge in [-0.05, 0) is 36.8 Å². The second kappa shape index (κ2) is 5.72. The molecule has 17 heavy (non-hydrogen) atoms. The van der Waals surface area contributed by atoms with E-state index in [4.69, 9.17) is 0 Å². The fraction of sp³-hybridized carbons (Fsp3) is 0.0588. The summed E-state index contributed by atoms with van der Waals surface area (Å²) < 4.78 is 0. The summed E-state index contributed by atoms with van der Waals surface area (Å²) in [6.45, 7) is 2.08. The zero-order chi connectivity index (χ0) is 11.9. The van der Waals surface area contributed by atoms with E-state index in [0.717, 1.165) is 5.56 Å². The number of rotatable bonds is 1. The molecule has 2 aromatic carbocycles.